The summed E-state index contributed by atoms with van der Waals surface area (Å²) >= 11 is 0. The van der Waals surface area contributed by atoms with Crippen molar-refractivity contribution in [3.8, 4) is 5.75 Å². The summed E-state index contributed by atoms with van der Waals surface area (Å²) in [6.07, 6.45) is 3.34. The van der Waals surface area contributed by atoms with Gasteiger partial charge in [0.15, 0.2) is 17.4 Å². The molecule has 1 aliphatic rings. The van der Waals surface area contributed by atoms with Crippen LogP contribution in [-0.2, 0) is 11.2 Å². The van der Waals surface area contributed by atoms with E-state index in [1.807, 2.05) is 11.8 Å². The number of halogens is 1. The van der Waals surface area contributed by atoms with Crippen LogP contribution in [-0.4, -0.2) is 34.1 Å². The molecule has 25 heavy (non-hydrogen) atoms. The van der Waals surface area contributed by atoms with Crippen molar-refractivity contribution in [1.82, 2.24) is 15.0 Å². The highest BCUT2D eigenvalue weighted by Crippen LogP contribution is 2.30. The summed E-state index contributed by atoms with van der Waals surface area (Å²) in [5, 5.41) is 4.00. The lowest BCUT2D eigenvalue weighted by molar-refractivity contribution is -0.132. The van der Waals surface area contributed by atoms with Gasteiger partial charge in [-0.25, -0.2) is 4.39 Å². The molecule has 1 aromatic heterocycles. The fourth-order valence-electron chi connectivity index (χ4n) is 2.99. The van der Waals surface area contributed by atoms with Crippen LogP contribution >= 0.6 is 0 Å². The highest BCUT2D eigenvalue weighted by atomic mass is 19.1. The standard InChI is InChI=1S/C18H22FN3O3/c1-2-16-20-18(21-25-16)14-8-5-11-22(14)17(23)10-6-12-24-15-9-4-3-7-13(15)19/h3-4,7,9,14H,2,5-6,8,10-12H2,1H3. The van der Waals surface area contributed by atoms with E-state index >= 15 is 0 Å². The smallest absolute Gasteiger partial charge is 0.226 e. The van der Waals surface area contributed by atoms with E-state index in [2.05, 4.69) is 10.1 Å². The molecule has 0 N–H and O–H groups in total. The van der Waals surface area contributed by atoms with Gasteiger partial charge < -0.3 is 14.2 Å². The lowest BCUT2D eigenvalue weighted by Crippen LogP contribution is -2.31. The molecule has 1 aliphatic heterocycles. The second-order valence-corrected chi connectivity index (χ2v) is 6.03. The molecule has 3 rings (SSSR count). The van der Waals surface area contributed by atoms with Crippen molar-refractivity contribution in [3.63, 3.8) is 0 Å². The number of carbonyl (C=O) groups excluding carboxylic acids is 1. The third kappa shape index (κ3) is 4.15. The van der Waals surface area contributed by atoms with Crippen LogP contribution in [0.4, 0.5) is 4.39 Å². The van der Waals surface area contributed by atoms with E-state index < -0.39 is 5.82 Å². The number of likely N-dealkylation sites (tertiary alicyclic amines) is 1. The van der Waals surface area contributed by atoms with Crippen molar-refractivity contribution in [2.24, 2.45) is 0 Å². The Morgan fingerprint density at radius 1 is 1.44 bits per heavy atom. The molecule has 0 radical (unpaired) electrons. The van der Waals surface area contributed by atoms with Gasteiger partial charge in [-0.05, 0) is 31.4 Å². The largest absolute Gasteiger partial charge is 0.491 e. The summed E-state index contributed by atoms with van der Waals surface area (Å²) < 4.78 is 24.0. The number of benzene rings is 1. The van der Waals surface area contributed by atoms with Gasteiger partial charge in [-0.2, -0.15) is 4.98 Å². The van der Waals surface area contributed by atoms with Gasteiger partial charge in [-0.3, -0.25) is 4.79 Å². The first-order valence-corrected chi connectivity index (χ1v) is 8.68. The van der Waals surface area contributed by atoms with Gasteiger partial charge in [0.05, 0.1) is 12.6 Å². The van der Waals surface area contributed by atoms with E-state index in [0.29, 0.717) is 44.1 Å². The van der Waals surface area contributed by atoms with Crippen LogP contribution in [0.15, 0.2) is 28.8 Å². The molecule has 1 unspecified atom stereocenters. The zero-order chi connectivity index (χ0) is 17.6. The average molecular weight is 347 g/mol. The summed E-state index contributed by atoms with van der Waals surface area (Å²) in [7, 11) is 0. The van der Waals surface area contributed by atoms with Crippen molar-refractivity contribution in [1.29, 1.82) is 0 Å². The van der Waals surface area contributed by atoms with Gasteiger partial charge in [0.25, 0.3) is 0 Å². The molecule has 0 saturated carbocycles. The lowest BCUT2D eigenvalue weighted by Gasteiger charge is -2.22. The minimum Gasteiger partial charge on any atom is -0.491 e. The first kappa shape index (κ1) is 17.4. The fourth-order valence-corrected chi connectivity index (χ4v) is 2.99. The molecular weight excluding hydrogens is 325 g/mol. The number of aromatic nitrogens is 2. The Kier molecular flexibility index (Phi) is 5.63. The summed E-state index contributed by atoms with van der Waals surface area (Å²) in [6.45, 7) is 2.95. The Balaban J connectivity index is 1.49. The van der Waals surface area contributed by atoms with E-state index in [-0.39, 0.29) is 17.7 Å². The van der Waals surface area contributed by atoms with Crippen molar-refractivity contribution >= 4 is 5.91 Å². The molecule has 1 aromatic carbocycles. The van der Waals surface area contributed by atoms with Crippen LogP contribution in [0, 0.1) is 5.82 Å². The second-order valence-electron chi connectivity index (χ2n) is 6.03. The predicted octanol–water partition coefficient (Wildman–Crippen LogP) is 3.29. The number of ether oxygens (including phenoxy) is 1. The molecule has 2 aromatic rings. The molecule has 0 bridgehead atoms. The van der Waals surface area contributed by atoms with Crippen molar-refractivity contribution < 1.29 is 18.4 Å². The lowest BCUT2D eigenvalue weighted by atomic mass is 10.2. The predicted molar refractivity (Wildman–Crippen MR) is 88.5 cm³/mol. The number of nitrogens with zero attached hydrogens (tertiary/aromatic N) is 3. The number of para-hydroxylation sites is 1. The number of rotatable bonds is 7. The Labute approximate surface area is 146 Å². The topological polar surface area (TPSA) is 68.5 Å². The molecule has 7 heteroatoms. The molecule has 1 atom stereocenters. The normalized spacial score (nSPS) is 17.0. The fraction of sp³-hybridized carbons (Fsp3) is 0.500. The van der Waals surface area contributed by atoms with Crippen LogP contribution in [0.3, 0.4) is 0 Å². The minimum atomic E-state index is -0.391. The molecule has 1 saturated heterocycles. The van der Waals surface area contributed by atoms with Crippen LogP contribution in [0.1, 0.15) is 50.4 Å². The van der Waals surface area contributed by atoms with Crippen LogP contribution < -0.4 is 4.74 Å². The first-order chi connectivity index (χ1) is 12.2. The van der Waals surface area contributed by atoms with Crippen molar-refractivity contribution in [2.45, 2.75) is 45.1 Å². The third-order valence-electron chi connectivity index (χ3n) is 4.29. The minimum absolute atomic E-state index is 0.0440. The Morgan fingerprint density at radius 3 is 3.04 bits per heavy atom. The molecule has 134 valence electrons. The monoisotopic (exact) mass is 347 g/mol. The van der Waals surface area contributed by atoms with E-state index in [9.17, 15) is 9.18 Å². The summed E-state index contributed by atoms with van der Waals surface area (Å²) in [5.41, 5.74) is 0. The van der Waals surface area contributed by atoms with E-state index in [4.69, 9.17) is 9.26 Å². The molecule has 1 amide bonds. The van der Waals surface area contributed by atoms with E-state index in [0.717, 1.165) is 12.8 Å². The third-order valence-corrected chi connectivity index (χ3v) is 4.29. The number of hydrogen-bond donors (Lipinski definition) is 0. The first-order valence-electron chi connectivity index (χ1n) is 8.68. The molecule has 2 heterocycles. The molecule has 1 fully saturated rings. The molecule has 0 spiro atoms. The number of aryl methyl sites for hydroxylation is 1. The van der Waals surface area contributed by atoms with Gasteiger partial charge in [0.1, 0.15) is 0 Å². The van der Waals surface area contributed by atoms with E-state index in [1.165, 1.54) is 6.07 Å². The second kappa shape index (κ2) is 8.09. The summed E-state index contributed by atoms with van der Waals surface area (Å²) in [4.78, 5) is 18.7. The van der Waals surface area contributed by atoms with Crippen molar-refractivity contribution in [3.05, 3.63) is 41.8 Å². The number of hydrogen-bond acceptors (Lipinski definition) is 5. The number of amides is 1. The van der Waals surface area contributed by atoms with Crippen LogP contribution in [0.2, 0.25) is 0 Å². The van der Waals surface area contributed by atoms with Crippen LogP contribution in [0.5, 0.6) is 5.75 Å². The van der Waals surface area contributed by atoms with Crippen molar-refractivity contribution in [2.75, 3.05) is 13.2 Å². The SMILES string of the molecule is CCc1nc(C2CCCN2C(=O)CCCOc2ccccc2F)no1. The summed E-state index contributed by atoms with van der Waals surface area (Å²) in [6, 6.07) is 6.15. The van der Waals surface area contributed by atoms with Gasteiger partial charge >= 0.3 is 0 Å². The Bertz CT molecular complexity index is 719. The number of carbonyl (C=O) groups is 1. The zero-order valence-electron chi connectivity index (χ0n) is 14.3. The maximum Gasteiger partial charge on any atom is 0.226 e. The summed E-state index contributed by atoms with van der Waals surface area (Å²) in [5.74, 6) is 1.05. The Morgan fingerprint density at radius 2 is 2.28 bits per heavy atom. The van der Waals surface area contributed by atoms with E-state index in [1.54, 1.807) is 18.2 Å². The highest BCUT2D eigenvalue weighted by molar-refractivity contribution is 5.76. The van der Waals surface area contributed by atoms with Crippen LogP contribution in [0.25, 0.3) is 0 Å². The van der Waals surface area contributed by atoms with Gasteiger partial charge in [0.2, 0.25) is 11.8 Å². The quantitative estimate of drug-likeness (QED) is 0.719. The van der Waals surface area contributed by atoms with Gasteiger partial charge in [-0.1, -0.05) is 24.2 Å². The highest BCUT2D eigenvalue weighted by Gasteiger charge is 2.32. The van der Waals surface area contributed by atoms with Gasteiger partial charge in [-0.15, -0.1) is 0 Å². The average Bonchev–Trinajstić information content (AvgIpc) is 3.28. The molecular formula is C18H22FN3O3. The molecule has 6 nitrogen and oxygen atoms in total. The zero-order valence-corrected chi connectivity index (χ0v) is 14.3. The maximum absolute atomic E-state index is 13.5. The molecule has 0 aliphatic carbocycles. The maximum atomic E-state index is 13.5. The van der Waals surface area contributed by atoms with Gasteiger partial charge in [0, 0.05) is 19.4 Å². The Hall–Kier alpha value is -2.44.